The predicted molar refractivity (Wildman–Crippen MR) is 117 cm³/mol. The van der Waals surface area contributed by atoms with Crippen LogP contribution in [0.1, 0.15) is 48.8 Å². The first-order valence-corrected chi connectivity index (χ1v) is 11.4. The standard InChI is InChI=1S/C25H27NOS/c27-28(24-19-11-4-12-20-24)26-25(21-13-5-1-6-14-21,22-15-7-2-8-16-22)23-17-9-3-10-18-23/h1-3,5-10,13-18,24,26H,4,11-12,19-20H2. The van der Waals surface area contributed by atoms with E-state index >= 15 is 0 Å². The molecule has 4 rings (SSSR count). The van der Waals surface area contributed by atoms with Crippen LogP contribution in [-0.4, -0.2) is 9.80 Å². The Morgan fingerprint density at radius 2 is 1.04 bits per heavy atom. The Morgan fingerprint density at radius 1 is 0.643 bits per heavy atom. The molecule has 0 aromatic heterocycles. The third kappa shape index (κ3) is 3.88. The molecule has 1 N–H and O–H groups in total. The van der Waals surface area contributed by atoms with E-state index in [0.29, 0.717) is 0 Å². The van der Waals surface area contributed by atoms with E-state index in [1.165, 1.54) is 19.3 Å². The van der Waals surface area contributed by atoms with E-state index < -0.39 is 16.9 Å². The van der Waals surface area contributed by atoms with Crippen molar-refractivity contribution in [2.45, 2.75) is 42.9 Å². The fourth-order valence-corrected chi connectivity index (χ4v) is 5.84. The summed E-state index contributed by atoms with van der Waals surface area (Å²) >= 11 is -1.13. The Bertz CT molecular complexity index is 751. The van der Waals surface area contributed by atoms with Gasteiger partial charge in [0.05, 0.1) is 0 Å². The third-order valence-corrected chi connectivity index (χ3v) is 7.31. The second kappa shape index (κ2) is 8.95. The molecule has 3 aromatic carbocycles. The van der Waals surface area contributed by atoms with Gasteiger partial charge in [-0.1, -0.05) is 97.4 Å². The van der Waals surface area contributed by atoms with Gasteiger partial charge < -0.3 is 4.55 Å². The monoisotopic (exact) mass is 389 g/mol. The molecule has 0 bridgehead atoms. The summed E-state index contributed by atoms with van der Waals surface area (Å²) in [5.41, 5.74) is 2.68. The summed E-state index contributed by atoms with van der Waals surface area (Å²) in [5, 5.41) is 0.212. The van der Waals surface area contributed by atoms with E-state index in [1.54, 1.807) is 0 Å². The Morgan fingerprint density at radius 3 is 1.43 bits per heavy atom. The van der Waals surface area contributed by atoms with Crippen molar-refractivity contribution in [2.24, 2.45) is 0 Å². The van der Waals surface area contributed by atoms with Gasteiger partial charge in [-0.2, -0.15) is 0 Å². The van der Waals surface area contributed by atoms with Crippen molar-refractivity contribution in [1.29, 1.82) is 0 Å². The van der Waals surface area contributed by atoms with Gasteiger partial charge in [-0.05, 0) is 42.4 Å². The van der Waals surface area contributed by atoms with Crippen molar-refractivity contribution in [3.63, 3.8) is 0 Å². The molecule has 0 radical (unpaired) electrons. The Balaban J connectivity index is 1.85. The number of rotatable bonds is 6. The molecule has 2 nitrogen and oxygen atoms in total. The van der Waals surface area contributed by atoms with Crippen LogP contribution in [0.4, 0.5) is 0 Å². The van der Waals surface area contributed by atoms with Crippen LogP contribution in [0.2, 0.25) is 0 Å². The van der Waals surface area contributed by atoms with Crippen LogP contribution >= 0.6 is 0 Å². The van der Waals surface area contributed by atoms with Crippen LogP contribution in [0.5, 0.6) is 0 Å². The number of hydrogen-bond donors (Lipinski definition) is 1. The maximum atomic E-state index is 13.5. The normalized spacial score (nSPS) is 16.6. The highest BCUT2D eigenvalue weighted by Crippen LogP contribution is 2.38. The summed E-state index contributed by atoms with van der Waals surface area (Å²) in [6.45, 7) is 0. The van der Waals surface area contributed by atoms with Gasteiger partial charge >= 0.3 is 0 Å². The van der Waals surface area contributed by atoms with E-state index in [4.69, 9.17) is 0 Å². The highest BCUT2D eigenvalue weighted by molar-refractivity contribution is 7.90. The van der Waals surface area contributed by atoms with Gasteiger partial charge in [0, 0.05) is 11.4 Å². The van der Waals surface area contributed by atoms with Crippen molar-refractivity contribution in [3.05, 3.63) is 108 Å². The first kappa shape index (κ1) is 19.3. The van der Waals surface area contributed by atoms with Gasteiger partial charge in [0.1, 0.15) is 10.8 Å². The maximum absolute atomic E-state index is 13.5. The van der Waals surface area contributed by atoms with E-state index in [0.717, 1.165) is 29.5 Å². The molecule has 0 saturated heterocycles. The van der Waals surface area contributed by atoms with E-state index in [1.807, 2.05) is 18.2 Å². The molecule has 1 fully saturated rings. The fraction of sp³-hybridized carbons (Fsp3) is 0.280. The average molecular weight is 390 g/mol. The molecular formula is C25H27NOS. The summed E-state index contributed by atoms with van der Waals surface area (Å²) in [6.07, 6.45) is 5.68. The summed E-state index contributed by atoms with van der Waals surface area (Å²) < 4.78 is 17.2. The van der Waals surface area contributed by atoms with Crippen LogP contribution in [0.15, 0.2) is 91.0 Å². The zero-order valence-corrected chi connectivity index (χ0v) is 16.9. The Labute approximate surface area is 171 Å². The second-order valence-corrected chi connectivity index (χ2v) is 8.97. The molecule has 144 valence electrons. The lowest BCUT2D eigenvalue weighted by molar-refractivity contribution is 0.461. The highest BCUT2D eigenvalue weighted by atomic mass is 32.2. The molecule has 3 aromatic rings. The smallest absolute Gasteiger partial charge is 0.138 e. The summed E-state index contributed by atoms with van der Waals surface area (Å²) in [7, 11) is 0. The quantitative estimate of drug-likeness (QED) is 0.442. The fourth-order valence-electron chi connectivity index (χ4n) is 4.25. The molecule has 0 aliphatic heterocycles. The summed E-state index contributed by atoms with van der Waals surface area (Å²) in [5.74, 6) is 0. The maximum Gasteiger partial charge on any atom is 0.138 e. The topological polar surface area (TPSA) is 35.1 Å². The van der Waals surface area contributed by atoms with Gasteiger partial charge in [0.2, 0.25) is 0 Å². The lowest BCUT2D eigenvalue weighted by atomic mass is 9.78. The molecule has 28 heavy (non-hydrogen) atoms. The van der Waals surface area contributed by atoms with Crippen LogP contribution < -0.4 is 4.72 Å². The predicted octanol–water partition coefficient (Wildman–Crippen LogP) is 5.56. The van der Waals surface area contributed by atoms with Crippen molar-refractivity contribution < 1.29 is 4.55 Å². The van der Waals surface area contributed by atoms with Gasteiger partial charge in [0.25, 0.3) is 0 Å². The van der Waals surface area contributed by atoms with E-state index in [9.17, 15) is 4.55 Å². The van der Waals surface area contributed by atoms with E-state index in [2.05, 4.69) is 77.5 Å². The van der Waals surface area contributed by atoms with Gasteiger partial charge in [-0.15, -0.1) is 4.72 Å². The van der Waals surface area contributed by atoms with Crippen molar-refractivity contribution in [2.75, 3.05) is 0 Å². The molecule has 1 atom stereocenters. The van der Waals surface area contributed by atoms with Gasteiger partial charge in [0.15, 0.2) is 0 Å². The molecule has 3 heteroatoms. The van der Waals surface area contributed by atoms with Crippen molar-refractivity contribution >= 4 is 11.4 Å². The first-order valence-electron chi connectivity index (χ1n) is 10.2. The van der Waals surface area contributed by atoms with Gasteiger partial charge in [-0.25, -0.2) is 0 Å². The minimum absolute atomic E-state index is 0.212. The zero-order valence-electron chi connectivity index (χ0n) is 16.1. The molecular weight excluding hydrogens is 362 g/mol. The third-order valence-electron chi connectivity index (χ3n) is 5.73. The zero-order chi connectivity index (χ0) is 19.2. The second-order valence-electron chi connectivity index (χ2n) is 7.51. The molecule has 1 saturated carbocycles. The number of hydrogen-bond acceptors (Lipinski definition) is 2. The molecule has 0 heterocycles. The van der Waals surface area contributed by atoms with Gasteiger partial charge in [-0.3, -0.25) is 0 Å². The van der Waals surface area contributed by atoms with Crippen LogP contribution in [0.3, 0.4) is 0 Å². The minimum atomic E-state index is -1.13. The lowest BCUT2D eigenvalue weighted by Gasteiger charge is -2.38. The largest absolute Gasteiger partial charge is 0.598 e. The summed E-state index contributed by atoms with van der Waals surface area (Å²) in [4.78, 5) is 0. The van der Waals surface area contributed by atoms with Crippen LogP contribution in [0.25, 0.3) is 0 Å². The Kier molecular flexibility index (Phi) is 6.16. The molecule has 0 spiro atoms. The lowest BCUT2D eigenvalue weighted by Crippen LogP contribution is -2.51. The average Bonchev–Trinajstić information content (AvgIpc) is 2.80. The van der Waals surface area contributed by atoms with Crippen LogP contribution in [0, 0.1) is 0 Å². The minimum Gasteiger partial charge on any atom is -0.598 e. The molecule has 1 unspecified atom stereocenters. The molecule has 0 amide bonds. The number of nitrogens with one attached hydrogen (secondary N) is 1. The highest BCUT2D eigenvalue weighted by Gasteiger charge is 2.42. The molecule has 1 aliphatic carbocycles. The summed E-state index contributed by atoms with van der Waals surface area (Å²) in [6, 6.07) is 31.2. The Hall–Kier alpha value is -2.07. The molecule has 1 aliphatic rings. The van der Waals surface area contributed by atoms with Crippen LogP contribution in [-0.2, 0) is 16.9 Å². The number of benzene rings is 3. The van der Waals surface area contributed by atoms with Crippen molar-refractivity contribution in [3.8, 4) is 0 Å². The first-order chi connectivity index (χ1) is 13.8. The van der Waals surface area contributed by atoms with Crippen molar-refractivity contribution in [1.82, 2.24) is 4.72 Å². The van der Waals surface area contributed by atoms with E-state index in [-0.39, 0.29) is 5.25 Å². The SMILES string of the molecule is [O-][S+](NC(c1ccccc1)(c1ccccc1)c1ccccc1)C1CCCCC1.